The molecule has 0 aliphatic carbocycles. The predicted octanol–water partition coefficient (Wildman–Crippen LogP) is 1.37. The van der Waals surface area contributed by atoms with Gasteiger partial charge >= 0.3 is 17.8 Å². The maximum absolute atomic E-state index is 12.9. The maximum atomic E-state index is 12.9. The molecule has 0 bridgehead atoms. The molecule has 3 N–H and O–H groups in total. The first-order chi connectivity index (χ1) is 16.4. The molecule has 0 fully saturated rings. The predicted molar refractivity (Wildman–Crippen MR) is 130 cm³/mol. The van der Waals surface area contributed by atoms with Gasteiger partial charge < -0.3 is 25.6 Å². The molecular weight excluding hydrogens is 496 g/mol. The first kappa shape index (κ1) is 26.5. The number of carbonyl (C=O) groups excluding carboxylic acids is 4. The number of hydrogen-bond acceptors (Lipinski definition) is 9. The number of fused-ring (bicyclic) bond motifs is 1. The Morgan fingerprint density at radius 2 is 1.97 bits per heavy atom. The number of nitrogens with one attached hydrogen (secondary N) is 3. The minimum atomic E-state index is -1.24. The number of amides is 3. The molecule has 1 aliphatic heterocycles. The summed E-state index contributed by atoms with van der Waals surface area (Å²) in [4.78, 5) is 61.5. The first-order valence-electron chi connectivity index (χ1n) is 10.8. The summed E-state index contributed by atoms with van der Waals surface area (Å²) in [6.45, 7) is 6.22. The van der Waals surface area contributed by atoms with Gasteiger partial charge in [-0.25, -0.2) is 14.8 Å². The van der Waals surface area contributed by atoms with E-state index in [-0.39, 0.29) is 17.4 Å². The van der Waals surface area contributed by atoms with E-state index in [1.165, 1.54) is 29.7 Å². The fraction of sp³-hybridized carbons (Fsp3) is 0.455. The van der Waals surface area contributed by atoms with Crippen LogP contribution in [0.3, 0.4) is 0 Å². The van der Waals surface area contributed by atoms with Gasteiger partial charge in [0.2, 0.25) is 0 Å². The lowest BCUT2D eigenvalue weighted by molar-refractivity contribution is -0.157. The lowest BCUT2D eigenvalue weighted by Crippen LogP contribution is -2.51. The Hall–Kier alpha value is -3.09. The van der Waals surface area contributed by atoms with Crippen molar-refractivity contribution in [3.63, 3.8) is 0 Å². The van der Waals surface area contributed by atoms with Crippen molar-refractivity contribution in [1.82, 2.24) is 25.5 Å². The van der Waals surface area contributed by atoms with Crippen LogP contribution >= 0.6 is 22.9 Å². The monoisotopic (exact) mass is 522 g/mol. The molecule has 2 aromatic rings. The molecule has 1 atom stereocenters. The van der Waals surface area contributed by atoms with E-state index < -0.39 is 35.3 Å². The molecule has 3 amide bonds. The van der Waals surface area contributed by atoms with Crippen LogP contribution in [0.2, 0.25) is 5.02 Å². The summed E-state index contributed by atoms with van der Waals surface area (Å²) < 4.78 is 5.38. The molecule has 0 saturated heterocycles. The fourth-order valence-electron chi connectivity index (χ4n) is 3.10. The van der Waals surface area contributed by atoms with Crippen molar-refractivity contribution in [3.8, 4) is 0 Å². The zero-order valence-corrected chi connectivity index (χ0v) is 21.4. The van der Waals surface area contributed by atoms with E-state index in [1.807, 2.05) is 7.05 Å². The number of aromatic nitrogens is 2. The lowest BCUT2D eigenvalue weighted by atomic mass is 10.2. The summed E-state index contributed by atoms with van der Waals surface area (Å²) in [6, 6.07) is 1.70. The number of hydrogen-bond donors (Lipinski definition) is 3. The molecule has 35 heavy (non-hydrogen) atoms. The van der Waals surface area contributed by atoms with Gasteiger partial charge in [0, 0.05) is 37.1 Å². The Balaban J connectivity index is 1.65. The molecule has 1 aliphatic rings. The zero-order chi connectivity index (χ0) is 25.8. The minimum Gasteiger partial charge on any atom is -0.458 e. The summed E-state index contributed by atoms with van der Waals surface area (Å²) in [6.07, 6.45) is 2.05. The van der Waals surface area contributed by atoms with Gasteiger partial charge in [0.15, 0.2) is 5.01 Å². The number of halogens is 1. The van der Waals surface area contributed by atoms with Crippen LogP contribution in [0.15, 0.2) is 18.3 Å². The minimum absolute atomic E-state index is 0.130. The van der Waals surface area contributed by atoms with Crippen LogP contribution in [0, 0.1) is 0 Å². The van der Waals surface area contributed by atoms with Crippen molar-refractivity contribution in [3.05, 3.63) is 38.9 Å². The van der Waals surface area contributed by atoms with Crippen LogP contribution in [-0.4, -0.2) is 70.3 Å². The Morgan fingerprint density at radius 3 is 2.63 bits per heavy atom. The Kier molecular flexibility index (Phi) is 8.41. The van der Waals surface area contributed by atoms with Gasteiger partial charge in [0.05, 0.1) is 10.7 Å². The highest BCUT2D eigenvalue weighted by atomic mass is 35.5. The highest BCUT2D eigenvalue weighted by molar-refractivity contribution is 7.13. The van der Waals surface area contributed by atoms with Crippen LogP contribution < -0.4 is 16.0 Å². The molecule has 0 radical (unpaired) electrons. The summed E-state index contributed by atoms with van der Waals surface area (Å²) in [5, 5.41) is 7.83. The highest BCUT2D eigenvalue weighted by Gasteiger charge is 2.30. The van der Waals surface area contributed by atoms with E-state index in [1.54, 1.807) is 20.8 Å². The molecule has 11 nitrogen and oxygen atoms in total. The van der Waals surface area contributed by atoms with Crippen molar-refractivity contribution in [2.24, 2.45) is 0 Å². The topological polar surface area (TPSA) is 143 Å². The number of likely N-dealkylation sites (N-methyl/N-ethyl adjacent to an activating group) is 1. The number of pyridine rings is 1. The summed E-state index contributed by atoms with van der Waals surface area (Å²) in [5.41, 5.74) is 0.0416. The van der Waals surface area contributed by atoms with E-state index in [0.29, 0.717) is 11.6 Å². The molecule has 188 valence electrons. The van der Waals surface area contributed by atoms with Crippen LogP contribution in [0.4, 0.5) is 5.82 Å². The third-order valence-electron chi connectivity index (χ3n) is 4.75. The van der Waals surface area contributed by atoms with Crippen molar-refractivity contribution in [2.75, 3.05) is 25.5 Å². The second kappa shape index (κ2) is 11.1. The van der Waals surface area contributed by atoms with Gasteiger partial charge in [-0.2, -0.15) is 0 Å². The molecule has 0 unspecified atom stereocenters. The number of nitrogens with zero attached hydrogens (tertiary/aromatic N) is 3. The average Bonchev–Trinajstić information content (AvgIpc) is 3.19. The second-order valence-corrected chi connectivity index (χ2v) is 10.5. The average molecular weight is 523 g/mol. The van der Waals surface area contributed by atoms with Crippen molar-refractivity contribution in [2.45, 2.75) is 45.4 Å². The Morgan fingerprint density at radius 1 is 1.23 bits per heavy atom. The normalized spacial score (nSPS) is 14.4. The SMILES string of the molecule is CN1CCc2nc(C(=O)N[C@@H](CNC(=O)C(=O)Nc3ccc(Cl)cn3)C(=O)OC(C)(C)C)sc2C1. The van der Waals surface area contributed by atoms with Gasteiger partial charge in [0.1, 0.15) is 17.5 Å². The molecule has 13 heteroatoms. The van der Waals surface area contributed by atoms with Crippen LogP contribution in [-0.2, 0) is 32.1 Å². The van der Waals surface area contributed by atoms with Crippen LogP contribution in [0.25, 0.3) is 0 Å². The third-order valence-corrected chi connectivity index (χ3v) is 6.06. The maximum Gasteiger partial charge on any atom is 0.331 e. The number of esters is 1. The van der Waals surface area contributed by atoms with Gasteiger partial charge in [-0.3, -0.25) is 14.4 Å². The number of anilines is 1. The molecular formula is C22H27ClN6O5S. The van der Waals surface area contributed by atoms with Crippen LogP contribution in [0.5, 0.6) is 0 Å². The van der Waals surface area contributed by atoms with Crippen LogP contribution in [0.1, 0.15) is 41.1 Å². The number of rotatable bonds is 6. The second-order valence-electron chi connectivity index (χ2n) is 8.96. The highest BCUT2D eigenvalue weighted by Crippen LogP contribution is 2.24. The third kappa shape index (κ3) is 7.70. The number of carbonyl (C=O) groups is 4. The van der Waals surface area contributed by atoms with Crippen molar-refractivity contribution in [1.29, 1.82) is 0 Å². The van der Waals surface area contributed by atoms with E-state index in [2.05, 4.69) is 30.8 Å². The summed E-state index contributed by atoms with van der Waals surface area (Å²) in [7, 11) is 1.99. The number of ether oxygens (including phenoxy) is 1. The fourth-order valence-corrected chi connectivity index (χ4v) is 4.31. The van der Waals surface area contributed by atoms with Gasteiger partial charge in [-0.05, 0) is 40.0 Å². The Labute approximate surface area is 211 Å². The first-order valence-corrected chi connectivity index (χ1v) is 12.0. The van der Waals surface area contributed by atoms with E-state index in [0.717, 1.165) is 23.5 Å². The van der Waals surface area contributed by atoms with Gasteiger partial charge in [-0.1, -0.05) is 11.6 Å². The van der Waals surface area contributed by atoms with Gasteiger partial charge in [-0.15, -0.1) is 11.3 Å². The molecule has 0 aromatic carbocycles. The van der Waals surface area contributed by atoms with E-state index in [4.69, 9.17) is 16.3 Å². The number of thiazole rings is 1. The molecule has 0 spiro atoms. The molecule has 0 saturated carbocycles. The molecule has 3 rings (SSSR count). The van der Waals surface area contributed by atoms with Crippen molar-refractivity contribution < 1.29 is 23.9 Å². The molecule has 3 heterocycles. The zero-order valence-electron chi connectivity index (χ0n) is 19.8. The van der Waals surface area contributed by atoms with E-state index in [9.17, 15) is 19.2 Å². The van der Waals surface area contributed by atoms with Gasteiger partial charge in [0.25, 0.3) is 5.91 Å². The largest absolute Gasteiger partial charge is 0.458 e. The summed E-state index contributed by atoms with van der Waals surface area (Å²) in [5.74, 6) is -3.20. The Bertz CT molecular complexity index is 1110. The van der Waals surface area contributed by atoms with E-state index >= 15 is 0 Å². The van der Waals surface area contributed by atoms with Crippen molar-refractivity contribution >= 4 is 52.4 Å². The summed E-state index contributed by atoms with van der Waals surface area (Å²) >= 11 is 7.01. The smallest absolute Gasteiger partial charge is 0.331 e. The quantitative estimate of drug-likeness (QED) is 0.381. The lowest BCUT2D eigenvalue weighted by Gasteiger charge is -2.24. The standard InChI is InChI=1S/C22H27ClN6O5S/c1-22(2,3)34-21(33)14(10-25-17(30)18(31)28-16-6-5-12(23)9-24-16)26-19(32)20-27-13-7-8-29(4)11-15(13)35-20/h5-6,9,14H,7-8,10-11H2,1-4H3,(H,25,30)(H,26,32)(H,24,28,31)/t14-/m0/s1. The molecule has 2 aromatic heterocycles.